The van der Waals surface area contributed by atoms with E-state index < -0.39 is 0 Å². The van der Waals surface area contributed by atoms with Crippen LogP contribution in [-0.2, 0) is 0 Å². The number of quaternary nitrogens is 1. The van der Waals surface area contributed by atoms with E-state index in [1.165, 1.54) is 0 Å². The van der Waals surface area contributed by atoms with Crippen molar-refractivity contribution in [3.05, 3.63) is 0 Å². The molecule has 0 aromatic carbocycles. The van der Waals surface area contributed by atoms with Crippen molar-refractivity contribution in [3.8, 4) is 0 Å². The number of fused-ring (bicyclic) bond motifs is 1. The largest absolute Gasteiger partial charge is 0.288 e. The van der Waals surface area contributed by atoms with Gasteiger partial charge < -0.3 is 0 Å². The molecule has 0 amide bonds. The SMILES string of the molecule is C[N+]1(C)CN2CCN=C2N1. The molecule has 4 nitrogen and oxygen atoms in total. The number of nitrogens with one attached hydrogen (secondary N) is 1. The Hall–Kier alpha value is -0.770. The summed E-state index contributed by atoms with van der Waals surface area (Å²) in [6.45, 7) is 3.09. The van der Waals surface area contributed by atoms with Crippen LogP contribution in [-0.4, -0.2) is 49.3 Å². The van der Waals surface area contributed by atoms with E-state index >= 15 is 0 Å². The highest BCUT2D eigenvalue weighted by molar-refractivity contribution is 5.81. The van der Waals surface area contributed by atoms with Gasteiger partial charge >= 0.3 is 0 Å². The molecule has 0 spiro atoms. The lowest BCUT2D eigenvalue weighted by Crippen LogP contribution is -2.47. The molecule has 2 rings (SSSR count). The Morgan fingerprint density at radius 3 is 3.10 bits per heavy atom. The van der Waals surface area contributed by atoms with Gasteiger partial charge in [0.2, 0.25) is 5.96 Å². The maximum atomic E-state index is 4.31. The van der Waals surface area contributed by atoms with E-state index in [1.54, 1.807) is 0 Å². The Bertz CT molecular complexity index is 184. The first kappa shape index (κ1) is 5.97. The summed E-state index contributed by atoms with van der Waals surface area (Å²) in [7, 11) is 4.28. The Morgan fingerprint density at radius 2 is 2.40 bits per heavy atom. The van der Waals surface area contributed by atoms with E-state index in [-0.39, 0.29) is 0 Å². The quantitative estimate of drug-likeness (QED) is 0.448. The van der Waals surface area contributed by atoms with Crippen molar-refractivity contribution in [1.82, 2.24) is 10.3 Å². The van der Waals surface area contributed by atoms with Crippen LogP contribution in [0.15, 0.2) is 4.99 Å². The van der Waals surface area contributed by atoms with Crippen molar-refractivity contribution in [2.45, 2.75) is 0 Å². The molecular weight excluding hydrogens is 128 g/mol. The van der Waals surface area contributed by atoms with Crippen LogP contribution in [0.3, 0.4) is 0 Å². The van der Waals surface area contributed by atoms with E-state index in [0.29, 0.717) is 0 Å². The van der Waals surface area contributed by atoms with E-state index in [9.17, 15) is 0 Å². The van der Waals surface area contributed by atoms with Crippen molar-refractivity contribution < 1.29 is 4.59 Å². The highest BCUT2D eigenvalue weighted by atomic mass is 15.8. The maximum absolute atomic E-state index is 4.31. The van der Waals surface area contributed by atoms with Crippen LogP contribution < -0.4 is 5.43 Å². The van der Waals surface area contributed by atoms with Gasteiger partial charge in [-0.25, -0.2) is 15.0 Å². The number of rotatable bonds is 0. The summed E-state index contributed by atoms with van der Waals surface area (Å²) in [5.74, 6) is 1.07. The molecule has 2 heterocycles. The summed E-state index contributed by atoms with van der Waals surface area (Å²) < 4.78 is 0.832. The molecule has 0 aromatic heterocycles. The lowest BCUT2D eigenvalue weighted by atomic mass is 10.6. The third-order valence-electron chi connectivity index (χ3n) is 1.86. The molecule has 10 heavy (non-hydrogen) atoms. The Morgan fingerprint density at radius 1 is 1.60 bits per heavy atom. The number of hydrogen-bond acceptors (Lipinski definition) is 3. The molecule has 1 N–H and O–H groups in total. The van der Waals surface area contributed by atoms with Gasteiger partial charge in [-0.2, -0.15) is 0 Å². The molecule has 56 valence electrons. The summed E-state index contributed by atoms with van der Waals surface area (Å²) in [6.07, 6.45) is 0. The van der Waals surface area contributed by atoms with Gasteiger partial charge in [-0.3, -0.25) is 4.90 Å². The summed E-state index contributed by atoms with van der Waals surface area (Å²) in [4.78, 5) is 6.59. The zero-order valence-corrected chi connectivity index (χ0v) is 6.46. The van der Waals surface area contributed by atoms with Gasteiger partial charge in [0.1, 0.15) is 0 Å². The van der Waals surface area contributed by atoms with Crippen molar-refractivity contribution in [2.75, 3.05) is 33.9 Å². The monoisotopic (exact) mass is 141 g/mol. The predicted molar refractivity (Wildman–Crippen MR) is 39.1 cm³/mol. The van der Waals surface area contributed by atoms with Gasteiger partial charge in [0.15, 0.2) is 6.67 Å². The highest BCUT2D eigenvalue weighted by Gasteiger charge is 2.35. The maximum Gasteiger partial charge on any atom is 0.245 e. The van der Waals surface area contributed by atoms with Crippen LogP contribution in [0.5, 0.6) is 0 Å². The minimum absolute atomic E-state index is 0.832. The van der Waals surface area contributed by atoms with E-state index in [0.717, 1.165) is 30.3 Å². The second-order valence-corrected chi connectivity index (χ2v) is 3.41. The average Bonchev–Trinajstić information content (AvgIpc) is 2.20. The Balaban J connectivity index is 2.19. The average molecular weight is 141 g/mol. The van der Waals surface area contributed by atoms with Crippen molar-refractivity contribution in [3.63, 3.8) is 0 Å². The molecule has 0 radical (unpaired) electrons. The zero-order valence-electron chi connectivity index (χ0n) is 6.46. The van der Waals surface area contributed by atoms with Crippen molar-refractivity contribution >= 4 is 5.96 Å². The Kier molecular flexibility index (Phi) is 0.976. The van der Waals surface area contributed by atoms with Crippen LogP contribution in [0.25, 0.3) is 0 Å². The fourth-order valence-electron chi connectivity index (χ4n) is 1.46. The van der Waals surface area contributed by atoms with Crippen LogP contribution >= 0.6 is 0 Å². The lowest BCUT2D eigenvalue weighted by Gasteiger charge is -2.20. The van der Waals surface area contributed by atoms with Gasteiger partial charge in [0, 0.05) is 6.54 Å². The van der Waals surface area contributed by atoms with Crippen LogP contribution in [0.4, 0.5) is 0 Å². The molecule has 0 aliphatic carbocycles. The molecule has 0 atom stereocenters. The molecule has 0 unspecified atom stereocenters. The second kappa shape index (κ2) is 1.63. The third-order valence-corrected chi connectivity index (χ3v) is 1.86. The third kappa shape index (κ3) is 0.759. The number of guanidine groups is 1. The van der Waals surface area contributed by atoms with E-state index in [1.807, 2.05) is 0 Å². The summed E-state index contributed by atoms with van der Waals surface area (Å²) >= 11 is 0. The molecule has 0 aromatic rings. The predicted octanol–water partition coefficient (Wildman–Crippen LogP) is -0.790. The fraction of sp³-hybridized carbons (Fsp3) is 0.833. The number of hydrogen-bond donors (Lipinski definition) is 1. The molecule has 4 heteroatoms. The minimum Gasteiger partial charge on any atom is -0.288 e. The molecule has 0 saturated carbocycles. The summed E-state index contributed by atoms with van der Waals surface area (Å²) in [6, 6.07) is 0. The zero-order chi connectivity index (χ0) is 7.19. The first-order chi connectivity index (χ1) is 4.67. The normalized spacial score (nSPS) is 27.8. The van der Waals surface area contributed by atoms with Gasteiger partial charge in [0.25, 0.3) is 0 Å². The van der Waals surface area contributed by atoms with Crippen molar-refractivity contribution in [2.24, 2.45) is 4.99 Å². The Labute approximate surface area is 60.7 Å². The van der Waals surface area contributed by atoms with E-state index in [2.05, 4.69) is 29.4 Å². The second-order valence-electron chi connectivity index (χ2n) is 3.41. The van der Waals surface area contributed by atoms with Gasteiger partial charge in [-0.05, 0) is 0 Å². The molecule has 0 bridgehead atoms. The summed E-state index contributed by atoms with van der Waals surface area (Å²) in [5.41, 5.74) is 3.31. The standard InChI is InChI=1S/C6H13N4/c1-10(2)5-9-4-3-7-6(9)8-10/h3-5H2,1-2H3,(H,7,8)/q+1. The molecule has 2 aliphatic rings. The fourth-order valence-corrected chi connectivity index (χ4v) is 1.46. The highest BCUT2D eigenvalue weighted by Crippen LogP contribution is 2.10. The molecule has 2 aliphatic heterocycles. The molecule has 1 fully saturated rings. The smallest absolute Gasteiger partial charge is 0.245 e. The van der Waals surface area contributed by atoms with Gasteiger partial charge in [0.05, 0.1) is 20.6 Å². The minimum atomic E-state index is 0.832. The molecular formula is C6H13N4+. The van der Waals surface area contributed by atoms with Gasteiger partial charge in [-0.1, -0.05) is 0 Å². The summed E-state index contributed by atoms with van der Waals surface area (Å²) in [5, 5.41) is 0. The van der Waals surface area contributed by atoms with Gasteiger partial charge in [-0.15, -0.1) is 0 Å². The first-order valence-electron chi connectivity index (χ1n) is 3.58. The van der Waals surface area contributed by atoms with Crippen LogP contribution in [0.2, 0.25) is 0 Å². The topological polar surface area (TPSA) is 27.6 Å². The number of nitrogens with zero attached hydrogens (tertiary/aromatic N) is 3. The van der Waals surface area contributed by atoms with Crippen LogP contribution in [0, 0.1) is 0 Å². The van der Waals surface area contributed by atoms with Crippen LogP contribution in [0.1, 0.15) is 0 Å². The molecule has 1 saturated heterocycles. The van der Waals surface area contributed by atoms with Crippen molar-refractivity contribution in [1.29, 1.82) is 0 Å². The van der Waals surface area contributed by atoms with E-state index in [4.69, 9.17) is 0 Å². The number of aliphatic imine (C=N–C) groups is 1. The first-order valence-corrected chi connectivity index (χ1v) is 3.58. The lowest BCUT2D eigenvalue weighted by molar-refractivity contribution is -0.920.